The van der Waals surface area contributed by atoms with Gasteiger partial charge < -0.3 is 9.30 Å². The van der Waals surface area contributed by atoms with Crippen LogP contribution < -0.4 is 5.32 Å². The van der Waals surface area contributed by atoms with Gasteiger partial charge in [0.05, 0.1) is 0 Å². The van der Waals surface area contributed by atoms with Gasteiger partial charge in [0.15, 0.2) is 0 Å². The van der Waals surface area contributed by atoms with Crippen molar-refractivity contribution in [1.29, 1.82) is 5.41 Å². The molecule has 20 heavy (non-hydrogen) atoms. The highest BCUT2D eigenvalue weighted by Crippen LogP contribution is 2.23. The summed E-state index contributed by atoms with van der Waals surface area (Å²) in [5.74, 6) is -1.06. The van der Waals surface area contributed by atoms with Crippen molar-refractivity contribution in [3.8, 4) is 0 Å². The Morgan fingerprint density at radius 2 is 2.05 bits per heavy atom. The molecule has 0 spiro atoms. The van der Waals surface area contributed by atoms with E-state index in [-0.39, 0.29) is 5.57 Å². The van der Waals surface area contributed by atoms with Gasteiger partial charge in [-0.15, -0.1) is 0 Å². The molecule has 0 bridgehead atoms. The lowest BCUT2D eigenvalue weighted by atomic mass is 10.1. The summed E-state index contributed by atoms with van der Waals surface area (Å²) in [5.41, 5.74) is 1.83. The monoisotopic (exact) mass is 269 g/mol. The summed E-state index contributed by atoms with van der Waals surface area (Å²) in [4.78, 5) is 22.7. The average molecular weight is 269 g/mol. The van der Waals surface area contributed by atoms with E-state index in [2.05, 4.69) is 4.74 Å². The standard InChI is InChI=1S/C14H11N3O3/c1-17-7-8(9-4-2-3-5-11(9)17)6-10-12(15)20-14(19)16-13(10)18/h2-7,15H,1H3,(H,16,18,19)/b10-6-,15-12?. The van der Waals surface area contributed by atoms with Crippen molar-refractivity contribution in [2.24, 2.45) is 7.05 Å². The summed E-state index contributed by atoms with van der Waals surface area (Å²) in [7, 11) is 1.90. The molecule has 0 unspecified atom stereocenters. The molecule has 1 fully saturated rings. The molecule has 6 nitrogen and oxygen atoms in total. The van der Waals surface area contributed by atoms with Gasteiger partial charge in [0.2, 0.25) is 5.90 Å². The van der Waals surface area contributed by atoms with Crippen LogP contribution in [0.4, 0.5) is 4.79 Å². The van der Waals surface area contributed by atoms with Gasteiger partial charge in [-0.05, 0) is 12.1 Å². The summed E-state index contributed by atoms with van der Waals surface area (Å²) in [5, 5.41) is 10.6. The van der Waals surface area contributed by atoms with Crippen LogP contribution in [0.2, 0.25) is 0 Å². The number of carbonyl (C=O) groups is 2. The van der Waals surface area contributed by atoms with Gasteiger partial charge >= 0.3 is 6.09 Å². The first kappa shape index (κ1) is 12.2. The Morgan fingerprint density at radius 1 is 1.30 bits per heavy atom. The first-order chi connectivity index (χ1) is 9.56. The highest BCUT2D eigenvalue weighted by Gasteiger charge is 2.27. The molecule has 3 rings (SSSR count). The predicted octanol–water partition coefficient (Wildman–Crippen LogP) is 1.81. The van der Waals surface area contributed by atoms with E-state index in [0.29, 0.717) is 0 Å². The van der Waals surface area contributed by atoms with Gasteiger partial charge in [0.1, 0.15) is 5.57 Å². The SMILES string of the molecule is Cn1cc(/C=C2/C(=N)OC(=O)NC2=O)c2ccccc21. The third-order valence-corrected chi connectivity index (χ3v) is 3.13. The van der Waals surface area contributed by atoms with E-state index in [9.17, 15) is 9.59 Å². The van der Waals surface area contributed by atoms with E-state index in [0.717, 1.165) is 16.5 Å². The van der Waals surface area contributed by atoms with Crippen molar-refractivity contribution in [1.82, 2.24) is 9.88 Å². The molecule has 2 aromatic rings. The van der Waals surface area contributed by atoms with E-state index in [1.54, 1.807) is 6.08 Å². The third kappa shape index (κ3) is 1.87. The van der Waals surface area contributed by atoms with E-state index < -0.39 is 17.9 Å². The zero-order chi connectivity index (χ0) is 14.3. The Morgan fingerprint density at radius 3 is 2.80 bits per heavy atom. The number of nitrogens with one attached hydrogen (secondary N) is 2. The lowest BCUT2D eigenvalue weighted by Gasteiger charge is -2.14. The number of rotatable bonds is 1. The number of hydrogen-bond donors (Lipinski definition) is 2. The van der Waals surface area contributed by atoms with Crippen LogP contribution >= 0.6 is 0 Å². The number of amides is 2. The van der Waals surface area contributed by atoms with Crippen LogP contribution in [0, 0.1) is 5.41 Å². The van der Waals surface area contributed by atoms with Crippen molar-refractivity contribution in [2.45, 2.75) is 0 Å². The molecule has 0 aliphatic carbocycles. The highest BCUT2D eigenvalue weighted by molar-refractivity contribution is 6.28. The van der Waals surface area contributed by atoms with Gasteiger partial charge in [-0.2, -0.15) is 0 Å². The Balaban J connectivity index is 2.12. The van der Waals surface area contributed by atoms with Gasteiger partial charge in [0, 0.05) is 29.7 Å². The molecule has 2 amide bonds. The number of aryl methyl sites for hydroxylation is 1. The molecular weight excluding hydrogens is 258 g/mol. The maximum absolute atomic E-state index is 11.7. The molecule has 1 aromatic carbocycles. The maximum atomic E-state index is 11.7. The van der Waals surface area contributed by atoms with Gasteiger partial charge in [-0.1, -0.05) is 18.2 Å². The third-order valence-electron chi connectivity index (χ3n) is 3.13. The number of aromatic nitrogens is 1. The molecule has 1 aliphatic rings. The Bertz CT molecular complexity index is 764. The predicted molar refractivity (Wildman–Crippen MR) is 73.2 cm³/mol. The molecule has 0 atom stereocenters. The number of carbonyl (C=O) groups excluding carboxylic acids is 2. The molecular formula is C14H11N3O3. The second-order valence-corrected chi connectivity index (χ2v) is 4.44. The Hall–Kier alpha value is -2.89. The van der Waals surface area contributed by atoms with Crippen molar-refractivity contribution >= 4 is 34.9 Å². The Kier molecular flexibility index (Phi) is 2.64. The van der Waals surface area contributed by atoms with Crippen LogP contribution in [0.1, 0.15) is 5.56 Å². The molecule has 1 aromatic heterocycles. The minimum absolute atomic E-state index is 0.0287. The summed E-state index contributed by atoms with van der Waals surface area (Å²) in [6.45, 7) is 0. The van der Waals surface area contributed by atoms with Crippen LogP contribution in [0.25, 0.3) is 17.0 Å². The lowest BCUT2D eigenvalue weighted by Crippen LogP contribution is -2.41. The minimum atomic E-state index is -0.921. The van der Waals surface area contributed by atoms with E-state index in [1.165, 1.54) is 0 Å². The number of nitrogens with zero attached hydrogens (tertiary/aromatic N) is 1. The van der Waals surface area contributed by atoms with E-state index in [1.807, 2.05) is 47.4 Å². The summed E-state index contributed by atoms with van der Waals surface area (Å²) in [6.07, 6.45) is 2.48. The molecule has 0 radical (unpaired) electrons. The average Bonchev–Trinajstić information content (AvgIpc) is 2.71. The fourth-order valence-corrected chi connectivity index (χ4v) is 2.21. The zero-order valence-electron chi connectivity index (χ0n) is 10.6. The van der Waals surface area contributed by atoms with Crippen LogP contribution in [0.5, 0.6) is 0 Å². The lowest BCUT2D eigenvalue weighted by molar-refractivity contribution is -0.116. The summed E-state index contributed by atoms with van der Waals surface area (Å²) >= 11 is 0. The van der Waals surface area contributed by atoms with Crippen molar-refractivity contribution in [2.75, 3.05) is 0 Å². The number of cyclic esters (lactones) is 1. The van der Waals surface area contributed by atoms with Gasteiger partial charge in [0.25, 0.3) is 5.91 Å². The number of para-hydroxylation sites is 1. The van der Waals surface area contributed by atoms with Gasteiger partial charge in [-0.3, -0.25) is 15.5 Å². The fraction of sp³-hybridized carbons (Fsp3) is 0.0714. The molecule has 0 saturated carbocycles. The molecule has 2 N–H and O–H groups in total. The number of hydrogen-bond acceptors (Lipinski definition) is 4. The largest absolute Gasteiger partial charge is 0.420 e. The molecule has 1 aliphatic heterocycles. The second kappa shape index (κ2) is 4.34. The zero-order valence-corrected chi connectivity index (χ0v) is 10.6. The maximum Gasteiger partial charge on any atom is 0.420 e. The van der Waals surface area contributed by atoms with Crippen LogP contribution in [0.15, 0.2) is 36.0 Å². The first-order valence-electron chi connectivity index (χ1n) is 5.94. The van der Waals surface area contributed by atoms with Crippen LogP contribution in [-0.4, -0.2) is 22.5 Å². The smallest absolute Gasteiger partial charge is 0.391 e. The molecule has 2 heterocycles. The van der Waals surface area contributed by atoms with Crippen molar-refractivity contribution in [3.05, 3.63) is 41.6 Å². The fourth-order valence-electron chi connectivity index (χ4n) is 2.21. The first-order valence-corrected chi connectivity index (χ1v) is 5.94. The molecule has 100 valence electrons. The number of fused-ring (bicyclic) bond motifs is 1. The van der Waals surface area contributed by atoms with Crippen LogP contribution in [0.3, 0.4) is 0 Å². The minimum Gasteiger partial charge on any atom is -0.391 e. The molecule has 6 heteroatoms. The number of benzene rings is 1. The van der Waals surface area contributed by atoms with E-state index in [4.69, 9.17) is 5.41 Å². The van der Waals surface area contributed by atoms with Gasteiger partial charge in [-0.25, -0.2) is 4.79 Å². The number of ether oxygens (including phenoxy) is 1. The van der Waals surface area contributed by atoms with Crippen molar-refractivity contribution in [3.63, 3.8) is 0 Å². The quantitative estimate of drug-likeness (QED) is 0.774. The highest BCUT2D eigenvalue weighted by atomic mass is 16.6. The number of imide groups is 1. The summed E-state index contributed by atoms with van der Waals surface area (Å²) < 4.78 is 6.53. The molecule has 1 saturated heterocycles. The normalized spacial score (nSPS) is 17.4. The van der Waals surface area contributed by atoms with E-state index >= 15 is 0 Å². The Labute approximate surface area is 114 Å². The van der Waals surface area contributed by atoms with Crippen molar-refractivity contribution < 1.29 is 14.3 Å². The van der Waals surface area contributed by atoms with Crippen LogP contribution in [-0.2, 0) is 16.6 Å². The second-order valence-electron chi connectivity index (χ2n) is 4.44. The number of alkyl carbamates (subject to hydrolysis) is 1. The summed E-state index contributed by atoms with van der Waals surface area (Å²) in [6, 6.07) is 7.72. The topological polar surface area (TPSA) is 84.2 Å².